The van der Waals surface area contributed by atoms with Crippen LogP contribution in [0.4, 0.5) is 10.7 Å². The van der Waals surface area contributed by atoms with Crippen molar-refractivity contribution >= 4 is 63.6 Å². The molecule has 2 heterocycles. The Morgan fingerprint density at radius 2 is 1.84 bits per heavy atom. The maximum atomic E-state index is 13.3. The van der Waals surface area contributed by atoms with Gasteiger partial charge >= 0.3 is 5.97 Å². The Morgan fingerprint density at radius 3 is 2.58 bits per heavy atom. The normalized spacial score (nSPS) is 15.0. The molecule has 2 aromatic heterocycles. The predicted octanol–water partition coefficient (Wildman–Crippen LogP) is 6.78. The lowest BCUT2D eigenvalue weighted by molar-refractivity contribution is -0.115. The van der Waals surface area contributed by atoms with E-state index in [1.807, 2.05) is 6.07 Å². The van der Waals surface area contributed by atoms with Crippen LogP contribution in [0.25, 0.3) is 6.08 Å². The standard InChI is InChI=1S/C34H33N3O6S2/c1-20-14-15-26-28(17-20)45-33(29(26)34(41)42-3)37-30(38)21(2)44-25-13-7-11-23(18-25)35-32(40)27(19-24-12-8-16-43-24)36-31(39)22-9-5-4-6-10-22/h4-13,16,18-21H,14-15,17H2,1-3H3,(H,35,40)(H,36,39)(H,37,38)/b27-19-. The van der Waals surface area contributed by atoms with E-state index in [-0.39, 0.29) is 11.6 Å². The zero-order valence-corrected chi connectivity index (χ0v) is 26.7. The monoisotopic (exact) mass is 643 g/mol. The van der Waals surface area contributed by atoms with Gasteiger partial charge in [-0.1, -0.05) is 31.2 Å². The lowest BCUT2D eigenvalue weighted by Gasteiger charge is -2.18. The second-order valence-corrected chi connectivity index (χ2v) is 13.2. The van der Waals surface area contributed by atoms with Crippen molar-refractivity contribution in [3.05, 3.63) is 106 Å². The van der Waals surface area contributed by atoms with Crippen LogP contribution in [-0.2, 0) is 27.2 Å². The largest absolute Gasteiger partial charge is 0.465 e. The molecule has 0 saturated heterocycles. The average molecular weight is 644 g/mol. The van der Waals surface area contributed by atoms with Gasteiger partial charge in [0.15, 0.2) is 0 Å². The van der Waals surface area contributed by atoms with Gasteiger partial charge in [-0.3, -0.25) is 14.4 Å². The van der Waals surface area contributed by atoms with E-state index in [9.17, 15) is 19.2 Å². The number of furan rings is 1. The third-order valence-corrected chi connectivity index (χ3v) is 9.53. The number of fused-ring (bicyclic) bond motifs is 1. The summed E-state index contributed by atoms with van der Waals surface area (Å²) in [6.07, 6.45) is 5.57. The van der Waals surface area contributed by atoms with E-state index in [0.29, 0.717) is 33.5 Å². The van der Waals surface area contributed by atoms with Gasteiger partial charge in [0.1, 0.15) is 16.5 Å². The number of carbonyl (C=O) groups excluding carboxylic acids is 4. The highest BCUT2D eigenvalue weighted by atomic mass is 32.2. The lowest BCUT2D eigenvalue weighted by Crippen LogP contribution is -2.30. The molecule has 45 heavy (non-hydrogen) atoms. The van der Waals surface area contributed by atoms with Crippen LogP contribution in [-0.4, -0.2) is 36.1 Å². The van der Waals surface area contributed by atoms with Gasteiger partial charge in [0, 0.05) is 27.1 Å². The highest BCUT2D eigenvalue weighted by Crippen LogP contribution is 2.40. The van der Waals surface area contributed by atoms with Crippen molar-refractivity contribution in [2.45, 2.75) is 43.3 Å². The molecule has 2 aromatic carbocycles. The summed E-state index contributed by atoms with van der Waals surface area (Å²) in [7, 11) is 1.35. The number of esters is 1. The number of nitrogens with one attached hydrogen (secondary N) is 3. The number of ether oxygens (including phenoxy) is 1. The first-order chi connectivity index (χ1) is 21.7. The molecule has 0 spiro atoms. The van der Waals surface area contributed by atoms with Gasteiger partial charge in [0.25, 0.3) is 11.8 Å². The Morgan fingerprint density at radius 1 is 1.04 bits per heavy atom. The summed E-state index contributed by atoms with van der Waals surface area (Å²) in [5.41, 5.74) is 2.31. The van der Waals surface area contributed by atoms with Crippen molar-refractivity contribution in [1.82, 2.24) is 5.32 Å². The summed E-state index contributed by atoms with van der Waals surface area (Å²) in [4.78, 5) is 53.9. The van der Waals surface area contributed by atoms with Crippen LogP contribution in [0.15, 0.2) is 88.0 Å². The highest BCUT2D eigenvalue weighted by Gasteiger charge is 2.29. The molecular formula is C34H33N3O6S2. The molecule has 0 bridgehead atoms. The van der Waals surface area contributed by atoms with Gasteiger partial charge in [0.2, 0.25) is 5.91 Å². The second-order valence-electron chi connectivity index (χ2n) is 10.7. The van der Waals surface area contributed by atoms with Gasteiger partial charge in [-0.15, -0.1) is 23.1 Å². The van der Waals surface area contributed by atoms with Crippen molar-refractivity contribution in [3.8, 4) is 0 Å². The van der Waals surface area contributed by atoms with Crippen molar-refractivity contribution in [2.75, 3.05) is 17.7 Å². The number of rotatable bonds is 10. The molecule has 0 saturated carbocycles. The molecular weight excluding hydrogens is 611 g/mol. The van der Waals surface area contributed by atoms with E-state index in [0.717, 1.165) is 34.6 Å². The van der Waals surface area contributed by atoms with Crippen LogP contribution < -0.4 is 16.0 Å². The fourth-order valence-electron chi connectivity index (χ4n) is 4.93. The Hall–Kier alpha value is -4.61. The minimum atomic E-state index is -0.546. The first kappa shape index (κ1) is 31.8. The van der Waals surface area contributed by atoms with E-state index in [1.165, 1.54) is 42.5 Å². The molecule has 2 unspecified atom stereocenters. The smallest absolute Gasteiger partial charge is 0.341 e. The van der Waals surface area contributed by atoms with E-state index in [1.54, 1.807) is 67.6 Å². The molecule has 4 aromatic rings. The summed E-state index contributed by atoms with van der Waals surface area (Å²) in [6, 6.07) is 19.0. The molecule has 0 radical (unpaired) electrons. The topological polar surface area (TPSA) is 127 Å². The Kier molecular flexibility index (Phi) is 10.2. The van der Waals surface area contributed by atoms with Gasteiger partial charge in [-0.25, -0.2) is 4.79 Å². The minimum Gasteiger partial charge on any atom is -0.465 e. The summed E-state index contributed by atoms with van der Waals surface area (Å²) in [6.45, 7) is 3.97. The molecule has 2 atom stereocenters. The van der Waals surface area contributed by atoms with Gasteiger partial charge < -0.3 is 25.1 Å². The van der Waals surface area contributed by atoms with E-state index in [4.69, 9.17) is 9.15 Å². The van der Waals surface area contributed by atoms with Crippen LogP contribution >= 0.6 is 23.1 Å². The number of methoxy groups -OCH3 is 1. The van der Waals surface area contributed by atoms with Crippen molar-refractivity contribution < 1.29 is 28.3 Å². The van der Waals surface area contributed by atoms with E-state index in [2.05, 4.69) is 22.9 Å². The number of carbonyl (C=O) groups is 4. The lowest BCUT2D eigenvalue weighted by atomic mass is 9.88. The molecule has 0 fully saturated rings. The Bertz CT molecular complexity index is 1730. The number of thiophene rings is 1. The van der Waals surface area contributed by atoms with E-state index >= 15 is 0 Å². The van der Waals surface area contributed by atoms with Crippen LogP contribution in [0.1, 0.15) is 57.2 Å². The fourth-order valence-corrected chi connectivity index (χ4v) is 7.26. The third-order valence-electron chi connectivity index (χ3n) is 7.27. The fraction of sp³-hybridized carbons (Fsp3) is 0.235. The number of anilines is 2. The Labute approximate surface area is 269 Å². The quantitative estimate of drug-likeness (QED) is 0.0988. The van der Waals surface area contributed by atoms with Crippen LogP contribution in [0.5, 0.6) is 0 Å². The highest BCUT2D eigenvalue weighted by molar-refractivity contribution is 8.00. The average Bonchev–Trinajstić information content (AvgIpc) is 3.68. The maximum Gasteiger partial charge on any atom is 0.341 e. The molecule has 232 valence electrons. The predicted molar refractivity (Wildman–Crippen MR) is 176 cm³/mol. The SMILES string of the molecule is COC(=O)c1c(NC(=O)C(C)Sc2cccc(NC(=O)/C(=C/c3ccco3)NC(=O)c3ccccc3)c2)sc2c1CCC(C)C2. The molecule has 0 aliphatic heterocycles. The van der Waals surface area contributed by atoms with Crippen LogP contribution in [0.2, 0.25) is 0 Å². The van der Waals surface area contributed by atoms with Gasteiger partial charge in [-0.05, 0) is 80.1 Å². The zero-order valence-electron chi connectivity index (χ0n) is 25.0. The number of hydrogen-bond donors (Lipinski definition) is 3. The van der Waals surface area contributed by atoms with Gasteiger partial charge in [0.05, 0.1) is 24.2 Å². The maximum absolute atomic E-state index is 13.3. The molecule has 1 aliphatic rings. The van der Waals surface area contributed by atoms with Crippen molar-refractivity contribution in [3.63, 3.8) is 0 Å². The first-order valence-electron chi connectivity index (χ1n) is 14.4. The van der Waals surface area contributed by atoms with Crippen molar-refractivity contribution in [2.24, 2.45) is 5.92 Å². The molecule has 5 rings (SSSR count). The van der Waals surface area contributed by atoms with Crippen molar-refractivity contribution in [1.29, 1.82) is 0 Å². The summed E-state index contributed by atoms with van der Waals surface area (Å²) in [5.74, 6) is -0.766. The number of benzene rings is 2. The summed E-state index contributed by atoms with van der Waals surface area (Å²) >= 11 is 2.76. The van der Waals surface area contributed by atoms with Gasteiger partial charge in [-0.2, -0.15) is 0 Å². The summed E-state index contributed by atoms with van der Waals surface area (Å²) < 4.78 is 10.4. The second kappa shape index (κ2) is 14.4. The van der Waals surface area contributed by atoms with E-state index < -0.39 is 23.0 Å². The molecule has 3 amide bonds. The first-order valence-corrected chi connectivity index (χ1v) is 16.1. The minimum absolute atomic E-state index is 0.000876. The number of hydrogen-bond acceptors (Lipinski definition) is 8. The Balaban J connectivity index is 1.27. The number of amides is 3. The third kappa shape index (κ3) is 7.92. The number of thioether (sulfide) groups is 1. The van der Waals surface area contributed by atoms with Crippen LogP contribution in [0, 0.1) is 5.92 Å². The zero-order chi connectivity index (χ0) is 31.9. The molecule has 11 heteroatoms. The molecule has 1 aliphatic carbocycles. The molecule has 3 N–H and O–H groups in total. The summed E-state index contributed by atoms with van der Waals surface area (Å²) in [5, 5.41) is 8.47. The molecule has 9 nitrogen and oxygen atoms in total. The van der Waals surface area contributed by atoms with Crippen LogP contribution in [0.3, 0.4) is 0 Å².